The van der Waals surface area contributed by atoms with E-state index in [4.69, 9.17) is 9.47 Å². The van der Waals surface area contributed by atoms with Crippen molar-refractivity contribution in [2.45, 2.75) is 32.8 Å². The number of fused-ring (bicyclic) bond motifs is 1. The fourth-order valence-electron chi connectivity index (χ4n) is 3.34. The zero-order valence-electron chi connectivity index (χ0n) is 15.9. The Balaban J connectivity index is 2.24. The van der Waals surface area contributed by atoms with Crippen LogP contribution in [0.2, 0.25) is 0 Å². The molecule has 9 nitrogen and oxygen atoms in total. The van der Waals surface area contributed by atoms with Gasteiger partial charge in [-0.3, -0.25) is 14.9 Å². The number of methoxy groups -OCH3 is 1. The number of non-ortho nitro benzene ring substituents is 1. The van der Waals surface area contributed by atoms with Crippen molar-refractivity contribution < 1.29 is 19.2 Å². The molecule has 0 saturated heterocycles. The zero-order valence-corrected chi connectivity index (χ0v) is 15.9. The minimum atomic E-state index is -0.781. The van der Waals surface area contributed by atoms with Crippen LogP contribution in [0.5, 0.6) is 5.88 Å². The molecular weight excluding hydrogens is 364 g/mol. The maximum Gasteiger partial charge on any atom is 0.315 e. The molecular formula is C19H20N4O5. The molecule has 28 heavy (non-hydrogen) atoms. The van der Waals surface area contributed by atoms with E-state index < -0.39 is 22.7 Å². The Labute approximate surface area is 161 Å². The Kier molecular flexibility index (Phi) is 5.34. The van der Waals surface area contributed by atoms with E-state index >= 15 is 0 Å². The number of carbonyl (C=O) groups excluding carboxylic acids is 1. The lowest BCUT2D eigenvalue weighted by Crippen LogP contribution is -2.35. The van der Waals surface area contributed by atoms with Crippen molar-refractivity contribution >= 4 is 23.2 Å². The molecule has 1 aromatic heterocycles. The maximum atomic E-state index is 12.9. The average Bonchev–Trinajstić information content (AvgIpc) is 2.65. The van der Waals surface area contributed by atoms with E-state index in [-0.39, 0.29) is 17.7 Å². The minimum absolute atomic E-state index is 0.0778. The Morgan fingerprint density at radius 3 is 2.68 bits per heavy atom. The molecule has 2 unspecified atom stereocenters. The summed E-state index contributed by atoms with van der Waals surface area (Å²) in [6.45, 7) is 5.23. The van der Waals surface area contributed by atoms with E-state index in [0.717, 1.165) is 0 Å². The van der Waals surface area contributed by atoms with Crippen molar-refractivity contribution in [3.63, 3.8) is 0 Å². The van der Waals surface area contributed by atoms with Gasteiger partial charge in [-0.1, -0.05) is 12.1 Å². The normalized spacial score (nSPS) is 18.2. The molecule has 0 N–H and O–H groups in total. The first kappa shape index (κ1) is 19.4. The Morgan fingerprint density at radius 1 is 1.29 bits per heavy atom. The summed E-state index contributed by atoms with van der Waals surface area (Å²) in [6.07, 6.45) is 1.01. The summed E-state index contributed by atoms with van der Waals surface area (Å²) in [7, 11) is 1.46. The van der Waals surface area contributed by atoms with Crippen LogP contribution in [0.25, 0.3) is 0 Å². The third-order valence-corrected chi connectivity index (χ3v) is 4.44. The van der Waals surface area contributed by atoms with Gasteiger partial charge in [0.2, 0.25) is 5.88 Å². The number of hydrogen-bond acceptors (Lipinski definition) is 8. The molecule has 0 aliphatic carbocycles. The monoisotopic (exact) mass is 384 g/mol. The molecule has 0 saturated carbocycles. The molecule has 2 aromatic rings. The van der Waals surface area contributed by atoms with E-state index in [2.05, 4.69) is 15.0 Å². The number of hydrogen-bond donors (Lipinski definition) is 0. The molecule has 0 spiro atoms. The molecule has 2 heterocycles. The number of carbonyl (C=O) groups is 1. The van der Waals surface area contributed by atoms with Crippen molar-refractivity contribution in [3.05, 3.63) is 51.8 Å². The lowest BCUT2D eigenvalue weighted by molar-refractivity contribution is -0.384. The molecule has 0 amide bonds. The van der Waals surface area contributed by atoms with Gasteiger partial charge in [0.05, 0.1) is 23.7 Å². The smallest absolute Gasteiger partial charge is 0.315 e. The van der Waals surface area contributed by atoms with Crippen molar-refractivity contribution in [2.75, 3.05) is 7.11 Å². The number of nitrogens with zero attached hydrogens (tertiary/aromatic N) is 4. The summed E-state index contributed by atoms with van der Waals surface area (Å²) in [5.74, 6) is -1.24. The van der Waals surface area contributed by atoms with Crippen LogP contribution in [-0.4, -0.2) is 39.8 Å². The third kappa shape index (κ3) is 3.55. The number of nitro groups is 1. The van der Waals surface area contributed by atoms with Crippen LogP contribution < -0.4 is 4.74 Å². The van der Waals surface area contributed by atoms with Gasteiger partial charge in [0.25, 0.3) is 5.69 Å². The molecule has 0 bridgehead atoms. The summed E-state index contributed by atoms with van der Waals surface area (Å²) < 4.78 is 10.8. The van der Waals surface area contributed by atoms with E-state index in [1.165, 1.54) is 25.6 Å². The number of aliphatic imine (C=N–C) groups is 1. The Morgan fingerprint density at radius 2 is 2.04 bits per heavy atom. The number of benzene rings is 1. The number of aromatic nitrogens is 2. The first-order valence-electron chi connectivity index (χ1n) is 8.72. The molecule has 1 aliphatic heterocycles. The predicted molar refractivity (Wildman–Crippen MR) is 101 cm³/mol. The van der Waals surface area contributed by atoms with Gasteiger partial charge in [-0.15, -0.1) is 0 Å². The lowest BCUT2D eigenvalue weighted by Gasteiger charge is -2.31. The van der Waals surface area contributed by atoms with Gasteiger partial charge in [-0.05, 0) is 26.3 Å². The average molecular weight is 384 g/mol. The standard InChI is InChI=1S/C19H20N4O5/c1-10(2)28-19(24)14-11(3)22-17-16(18(27-4)21-9-20-17)15(14)12-6-5-7-13(8-12)23(25)26/h5-10,14-15H,1-4H3. The van der Waals surface area contributed by atoms with Gasteiger partial charge in [0.1, 0.15) is 12.2 Å². The van der Waals surface area contributed by atoms with Crippen LogP contribution in [0.4, 0.5) is 11.5 Å². The number of ether oxygens (including phenoxy) is 2. The van der Waals surface area contributed by atoms with Crippen LogP contribution in [0.3, 0.4) is 0 Å². The molecule has 9 heteroatoms. The van der Waals surface area contributed by atoms with E-state index in [9.17, 15) is 14.9 Å². The summed E-state index contributed by atoms with van der Waals surface area (Å²) in [4.78, 5) is 36.5. The van der Waals surface area contributed by atoms with Gasteiger partial charge in [0.15, 0.2) is 5.82 Å². The number of esters is 1. The highest BCUT2D eigenvalue weighted by molar-refractivity contribution is 6.05. The molecule has 0 radical (unpaired) electrons. The van der Waals surface area contributed by atoms with Crippen molar-refractivity contribution in [1.29, 1.82) is 0 Å². The van der Waals surface area contributed by atoms with Crippen LogP contribution in [0.1, 0.15) is 37.8 Å². The van der Waals surface area contributed by atoms with Crippen molar-refractivity contribution in [3.8, 4) is 5.88 Å². The number of rotatable bonds is 5. The molecule has 0 fully saturated rings. The summed E-state index contributed by atoms with van der Waals surface area (Å²) in [5, 5.41) is 11.3. The van der Waals surface area contributed by atoms with Crippen molar-refractivity contribution in [2.24, 2.45) is 10.9 Å². The largest absolute Gasteiger partial charge is 0.481 e. The summed E-state index contributed by atoms with van der Waals surface area (Å²) >= 11 is 0. The van der Waals surface area contributed by atoms with Crippen molar-refractivity contribution in [1.82, 2.24) is 9.97 Å². The second-order valence-corrected chi connectivity index (χ2v) is 6.67. The van der Waals surface area contributed by atoms with Gasteiger partial charge in [-0.2, -0.15) is 0 Å². The summed E-state index contributed by atoms with van der Waals surface area (Å²) in [5.41, 5.74) is 1.49. The first-order valence-corrected chi connectivity index (χ1v) is 8.72. The molecule has 1 aromatic carbocycles. The predicted octanol–water partition coefficient (Wildman–Crippen LogP) is 3.20. The second-order valence-electron chi connectivity index (χ2n) is 6.67. The zero-order chi connectivity index (χ0) is 20.4. The molecule has 3 rings (SSSR count). The third-order valence-electron chi connectivity index (χ3n) is 4.44. The topological polar surface area (TPSA) is 117 Å². The maximum absolute atomic E-state index is 12.9. The highest BCUT2D eigenvalue weighted by atomic mass is 16.6. The van der Waals surface area contributed by atoms with Crippen LogP contribution in [0, 0.1) is 16.0 Å². The quantitative estimate of drug-likeness (QED) is 0.441. The molecule has 1 aliphatic rings. The summed E-state index contributed by atoms with van der Waals surface area (Å²) in [6, 6.07) is 6.14. The van der Waals surface area contributed by atoms with Crippen LogP contribution in [0.15, 0.2) is 35.6 Å². The molecule has 2 atom stereocenters. The highest BCUT2D eigenvalue weighted by Crippen LogP contribution is 2.46. The first-order chi connectivity index (χ1) is 13.3. The fourth-order valence-corrected chi connectivity index (χ4v) is 3.34. The minimum Gasteiger partial charge on any atom is -0.481 e. The van der Waals surface area contributed by atoms with E-state index in [1.54, 1.807) is 32.9 Å². The van der Waals surface area contributed by atoms with E-state index in [1.807, 2.05) is 0 Å². The molecule has 146 valence electrons. The van der Waals surface area contributed by atoms with Crippen LogP contribution >= 0.6 is 0 Å². The van der Waals surface area contributed by atoms with Gasteiger partial charge < -0.3 is 9.47 Å². The fraction of sp³-hybridized carbons (Fsp3) is 0.368. The Hall–Kier alpha value is -3.36. The number of nitro benzene ring substituents is 1. The van der Waals surface area contributed by atoms with Gasteiger partial charge >= 0.3 is 5.97 Å². The SMILES string of the molecule is COc1ncnc2c1C(c1cccc([N+](=O)[O-])c1)C(C(=O)OC(C)C)C(C)=N2. The Bertz CT molecular complexity index is 957. The second kappa shape index (κ2) is 7.71. The van der Waals surface area contributed by atoms with Crippen LogP contribution in [-0.2, 0) is 9.53 Å². The van der Waals surface area contributed by atoms with Gasteiger partial charge in [-0.25, -0.2) is 15.0 Å². The van der Waals surface area contributed by atoms with Gasteiger partial charge in [0, 0.05) is 23.8 Å². The van der Waals surface area contributed by atoms with E-state index in [0.29, 0.717) is 22.7 Å². The highest BCUT2D eigenvalue weighted by Gasteiger charge is 2.42. The lowest BCUT2D eigenvalue weighted by atomic mass is 9.77.